The fourth-order valence-corrected chi connectivity index (χ4v) is 3.10. The molecule has 0 aliphatic heterocycles. The Morgan fingerprint density at radius 3 is 2.65 bits per heavy atom. The third kappa shape index (κ3) is 5.25. The Kier molecular flexibility index (Phi) is 6.47. The highest BCUT2D eigenvalue weighted by molar-refractivity contribution is 7.99. The van der Waals surface area contributed by atoms with Crippen LogP contribution >= 0.6 is 23.4 Å². The van der Waals surface area contributed by atoms with Crippen molar-refractivity contribution in [2.24, 2.45) is 0 Å². The topological polar surface area (TPSA) is 59.2 Å². The standard InChI is InChI=1S/C16H20ClN3O2S/c1-4-20(9-15-18-12(3)22-19-15)16(21)11(2)23-10-13-5-7-14(17)8-6-13/h5-8,11H,4,9-10H2,1-3H3/t11-/m1/s1. The zero-order valence-corrected chi connectivity index (χ0v) is 15.0. The van der Waals surface area contributed by atoms with E-state index in [1.165, 1.54) is 0 Å². The summed E-state index contributed by atoms with van der Waals surface area (Å²) < 4.78 is 4.95. The van der Waals surface area contributed by atoms with Gasteiger partial charge in [0.15, 0.2) is 5.82 Å². The molecule has 1 heterocycles. The lowest BCUT2D eigenvalue weighted by molar-refractivity contribution is -0.130. The van der Waals surface area contributed by atoms with Crippen LogP contribution in [0.15, 0.2) is 28.8 Å². The van der Waals surface area contributed by atoms with Gasteiger partial charge in [-0.3, -0.25) is 4.79 Å². The van der Waals surface area contributed by atoms with Crippen molar-refractivity contribution in [1.29, 1.82) is 0 Å². The van der Waals surface area contributed by atoms with Crippen LogP contribution in [0.5, 0.6) is 0 Å². The van der Waals surface area contributed by atoms with E-state index >= 15 is 0 Å². The second kappa shape index (κ2) is 8.36. The summed E-state index contributed by atoms with van der Waals surface area (Å²) in [6.07, 6.45) is 0. The molecule has 0 aliphatic rings. The van der Waals surface area contributed by atoms with Crippen molar-refractivity contribution in [3.63, 3.8) is 0 Å². The van der Waals surface area contributed by atoms with Crippen molar-refractivity contribution in [1.82, 2.24) is 15.0 Å². The third-order valence-electron chi connectivity index (χ3n) is 3.36. The Labute approximate surface area is 145 Å². The molecular weight excluding hydrogens is 334 g/mol. The number of hydrogen-bond donors (Lipinski definition) is 0. The molecule has 0 spiro atoms. The highest BCUT2D eigenvalue weighted by Crippen LogP contribution is 2.21. The lowest BCUT2D eigenvalue weighted by Crippen LogP contribution is -2.36. The van der Waals surface area contributed by atoms with Gasteiger partial charge in [-0.05, 0) is 31.5 Å². The molecule has 0 unspecified atom stereocenters. The average Bonchev–Trinajstić information content (AvgIpc) is 2.96. The smallest absolute Gasteiger partial charge is 0.235 e. The number of amides is 1. The number of halogens is 1. The van der Waals surface area contributed by atoms with Crippen molar-refractivity contribution in [3.05, 3.63) is 46.6 Å². The van der Waals surface area contributed by atoms with Gasteiger partial charge in [-0.25, -0.2) is 0 Å². The van der Waals surface area contributed by atoms with E-state index in [0.717, 1.165) is 16.3 Å². The van der Waals surface area contributed by atoms with Crippen molar-refractivity contribution in [2.45, 2.75) is 38.3 Å². The average molecular weight is 354 g/mol. The molecule has 1 aromatic heterocycles. The molecule has 0 radical (unpaired) electrons. The summed E-state index contributed by atoms with van der Waals surface area (Å²) in [6, 6.07) is 7.68. The number of thioether (sulfide) groups is 1. The van der Waals surface area contributed by atoms with Crippen LogP contribution in [0.1, 0.15) is 31.1 Å². The maximum atomic E-state index is 12.6. The van der Waals surface area contributed by atoms with E-state index in [-0.39, 0.29) is 11.2 Å². The van der Waals surface area contributed by atoms with E-state index in [9.17, 15) is 4.79 Å². The Morgan fingerprint density at radius 2 is 2.09 bits per heavy atom. The van der Waals surface area contributed by atoms with Crippen LogP contribution in [0.2, 0.25) is 5.02 Å². The lowest BCUT2D eigenvalue weighted by Gasteiger charge is -2.22. The first-order valence-corrected chi connectivity index (χ1v) is 8.86. The van der Waals surface area contributed by atoms with Gasteiger partial charge >= 0.3 is 0 Å². The number of carbonyl (C=O) groups is 1. The maximum absolute atomic E-state index is 12.6. The monoisotopic (exact) mass is 353 g/mol. The minimum Gasteiger partial charge on any atom is -0.340 e. The number of aryl methyl sites for hydroxylation is 1. The lowest BCUT2D eigenvalue weighted by atomic mass is 10.2. The highest BCUT2D eigenvalue weighted by Gasteiger charge is 2.21. The highest BCUT2D eigenvalue weighted by atomic mass is 35.5. The van der Waals surface area contributed by atoms with Crippen LogP contribution in [0, 0.1) is 6.92 Å². The number of rotatable bonds is 7. The molecule has 5 nitrogen and oxygen atoms in total. The van der Waals surface area contributed by atoms with Gasteiger partial charge in [0.05, 0.1) is 11.8 Å². The van der Waals surface area contributed by atoms with E-state index in [4.69, 9.17) is 16.1 Å². The summed E-state index contributed by atoms with van der Waals surface area (Å²) in [6.45, 7) is 6.59. The maximum Gasteiger partial charge on any atom is 0.235 e. The molecule has 7 heteroatoms. The molecule has 124 valence electrons. The van der Waals surface area contributed by atoms with E-state index in [1.54, 1.807) is 23.6 Å². The zero-order valence-electron chi connectivity index (χ0n) is 13.5. The summed E-state index contributed by atoms with van der Waals surface area (Å²) in [4.78, 5) is 18.4. The summed E-state index contributed by atoms with van der Waals surface area (Å²) in [5.74, 6) is 1.89. The van der Waals surface area contributed by atoms with Crippen LogP contribution in [-0.4, -0.2) is 32.7 Å². The van der Waals surface area contributed by atoms with Gasteiger partial charge in [-0.15, -0.1) is 11.8 Å². The summed E-state index contributed by atoms with van der Waals surface area (Å²) in [5.41, 5.74) is 1.15. The largest absolute Gasteiger partial charge is 0.340 e. The summed E-state index contributed by atoms with van der Waals surface area (Å²) in [7, 11) is 0. The second-order valence-corrected chi connectivity index (χ2v) is 6.93. The van der Waals surface area contributed by atoms with E-state index in [0.29, 0.717) is 24.8 Å². The zero-order chi connectivity index (χ0) is 16.8. The molecule has 2 rings (SSSR count). The normalized spacial score (nSPS) is 12.2. The minimum atomic E-state index is -0.140. The number of hydrogen-bond acceptors (Lipinski definition) is 5. The molecule has 1 atom stereocenters. The van der Waals surface area contributed by atoms with Crippen LogP contribution in [0.25, 0.3) is 0 Å². The third-order valence-corrected chi connectivity index (χ3v) is 4.81. The van der Waals surface area contributed by atoms with Crippen molar-refractivity contribution < 1.29 is 9.32 Å². The first kappa shape index (κ1) is 17.8. The van der Waals surface area contributed by atoms with E-state index in [2.05, 4.69) is 10.1 Å². The molecule has 1 amide bonds. The van der Waals surface area contributed by atoms with Crippen LogP contribution in [-0.2, 0) is 17.1 Å². The first-order chi connectivity index (χ1) is 11.0. The SMILES string of the molecule is CCN(Cc1noc(C)n1)C(=O)[C@@H](C)SCc1ccc(Cl)cc1. The fourth-order valence-electron chi connectivity index (χ4n) is 2.05. The molecule has 0 N–H and O–H groups in total. The summed E-state index contributed by atoms with van der Waals surface area (Å²) in [5, 5.41) is 4.43. The molecule has 0 fully saturated rings. The van der Waals surface area contributed by atoms with Crippen LogP contribution in [0.4, 0.5) is 0 Å². The predicted molar refractivity (Wildman–Crippen MR) is 92.3 cm³/mol. The Morgan fingerprint density at radius 1 is 1.39 bits per heavy atom. The minimum absolute atomic E-state index is 0.0777. The van der Waals surface area contributed by atoms with E-state index < -0.39 is 0 Å². The number of aromatic nitrogens is 2. The molecular formula is C16H20ClN3O2S. The quantitative estimate of drug-likeness (QED) is 0.759. The van der Waals surface area contributed by atoms with Crippen molar-refractivity contribution in [2.75, 3.05) is 6.54 Å². The Bertz CT molecular complexity index is 645. The van der Waals surface area contributed by atoms with Gasteiger partial charge in [-0.1, -0.05) is 28.9 Å². The number of nitrogens with zero attached hydrogens (tertiary/aromatic N) is 3. The first-order valence-electron chi connectivity index (χ1n) is 7.43. The number of carbonyl (C=O) groups excluding carboxylic acids is 1. The van der Waals surface area contributed by atoms with Crippen molar-refractivity contribution in [3.8, 4) is 0 Å². The van der Waals surface area contributed by atoms with E-state index in [1.807, 2.05) is 38.1 Å². The molecule has 0 saturated carbocycles. The van der Waals surface area contributed by atoms with Gasteiger partial charge in [0.25, 0.3) is 0 Å². The number of benzene rings is 1. The van der Waals surface area contributed by atoms with Crippen LogP contribution in [0.3, 0.4) is 0 Å². The van der Waals surface area contributed by atoms with Gasteiger partial charge in [0.2, 0.25) is 11.8 Å². The van der Waals surface area contributed by atoms with Gasteiger partial charge in [-0.2, -0.15) is 4.98 Å². The molecule has 0 aliphatic carbocycles. The second-order valence-electron chi connectivity index (χ2n) is 5.16. The molecule has 2 aromatic rings. The van der Waals surface area contributed by atoms with Gasteiger partial charge in [0.1, 0.15) is 0 Å². The molecule has 23 heavy (non-hydrogen) atoms. The van der Waals surface area contributed by atoms with Gasteiger partial charge < -0.3 is 9.42 Å². The summed E-state index contributed by atoms with van der Waals surface area (Å²) >= 11 is 7.48. The predicted octanol–water partition coefficient (Wildman–Crippen LogP) is 3.70. The molecule has 0 saturated heterocycles. The molecule has 1 aromatic carbocycles. The Hall–Kier alpha value is -1.53. The Balaban J connectivity index is 1.89. The van der Waals surface area contributed by atoms with Gasteiger partial charge in [0, 0.05) is 24.2 Å². The molecule has 0 bridgehead atoms. The van der Waals surface area contributed by atoms with Crippen LogP contribution < -0.4 is 0 Å². The van der Waals surface area contributed by atoms with Crippen molar-refractivity contribution >= 4 is 29.3 Å². The fraction of sp³-hybridized carbons (Fsp3) is 0.438.